The summed E-state index contributed by atoms with van der Waals surface area (Å²) >= 11 is 0. The lowest BCUT2D eigenvalue weighted by Crippen LogP contribution is -2.30. The van der Waals surface area contributed by atoms with E-state index in [1.807, 2.05) is 0 Å². The molecule has 9 nitrogen and oxygen atoms in total. The van der Waals surface area contributed by atoms with Gasteiger partial charge in [-0.15, -0.1) is 5.10 Å². The zero-order valence-corrected chi connectivity index (χ0v) is 14.1. The van der Waals surface area contributed by atoms with Crippen molar-refractivity contribution in [3.8, 4) is 0 Å². The molecule has 0 spiro atoms. The average molecular weight is 353 g/mol. The maximum atomic E-state index is 12.4. The Kier molecular flexibility index (Phi) is 4.44. The molecule has 0 atom stereocenters. The van der Waals surface area contributed by atoms with Crippen molar-refractivity contribution in [3.63, 3.8) is 0 Å². The predicted molar refractivity (Wildman–Crippen MR) is 95.0 cm³/mol. The van der Waals surface area contributed by atoms with E-state index in [0.717, 1.165) is 10.2 Å². The first-order valence-corrected chi connectivity index (χ1v) is 7.75. The minimum absolute atomic E-state index is 0.113. The summed E-state index contributed by atoms with van der Waals surface area (Å²) in [7, 11) is 0. The Hall–Kier alpha value is -3.62. The second kappa shape index (κ2) is 6.71. The van der Waals surface area contributed by atoms with Crippen molar-refractivity contribution in [1.82, 2.24) is 15.0 Å². The Labute approximate surface area is 147 Å². The van der Waals surface area contributed by atoms with Gasteiger partial charge >= 0.3 is 0 Å². The molecule has 1 amide bonds. The number of aromatic nitrogens is 3. The minimum atomic E-state index is -0.603. The normalized spacial score (nSPS) is 10.7. The number of hydrogen-bond acceptors (Lipinski definition) is 6. The lowest BCUT2D eigenvalue weighted by Gasteiger charge is -2.11. The number of rotatable bonds is 4. The van der Waals surface area contributed by atoms with Crippen LogP contribution in [0.1, 0.15) is 11.1 Å². The summed E-state index contributed by atoms with van der Waals surface area (Å²) in [6.07, 6.45) is 0. The molecule has 9 heteroatoms. The van der Waals surface area contributed by atoms with Gasteiger partial charge in [-0.25, -0.2) is 4.68 Å². The zero-order valence-electron chi connectivity index (χ0n) is 14.1. The topological polar surface area (TPSA) is 120 Å². The third-order valence-corrected chi connectivity index (χ3v) is 4.10. The van der Waals surface area contributed by atoms with Crippen LogP contribution >= 0.6 is 0 Å². The molecule has 0 aliphatic rings. The third kappa shape index (κ3) is 3.14. The van der Waals surface area contributed by atoms with Gasteiger partial charge in [0.1, 0.15) is 17.7 Å². The number of carbonyl (C=O) groups is 1. The summed E-state index contributed by atoms with van der Waals surface area (Å²) in [5, 5.41) is 21.7. The highest BCUT2D eigenvalue weighted by Gasteiger charge is 2.20. The van der Waals surface area contributed by atoms with Gasteiger partial charge in [-0.05, 0) is 37.1 Å². The number of nitrogens with zero attached hydrogens (tertiary/aromatic N) is 4. The fraction of sp³-hybridized carbons (Fsp3) is 0.176. The van der Waals surface area contributed by atoms with E-state index < -0.39 is 22.9 Å². The number of aryl methyl sites for hydroxylation is 1. The molecule has 0 unspecified atom stereocenters. The van der Waals surface area contributed by atoms with E-state index in [2.05, 4.69) is 15.6 Å². The molecule has 0 radical (unpaired) electrons. The van der Waals surface area contributed by atoms with Gasteiger partial charge in [0.2, 0.25) is 5.91 Å². The summed E-state index contributed by atoms with van der Waals surface area (Å²) in [6.45, 7) is 3.06. The molecule has 0 saturated heterocycles. The van der Waals surface area contributed by atoms with Crippen molar-refractivity contribution in [1.29, 1.82) is 0 Å². The smallest absolute Gasteiger partial charge is 0.293 e. The van der Waals surface area contributed by atoms with Crippen LogP contribution in [0.2, 0.25) is 0 Å². The van der Waals surface area contributed by atoms with Gasteiger partial charge in [0.05, 0.1) is 10.3 Å². The van der Waals surface area contributed by atoms with Crippen LogP contribution in [-0.4, -0.2) is 25.8 Å². The van der Waals surface area contributed by atoms with Gasteiger partial charge in [0.15, 0.2) is 0 Å². The Balaban J connectivity index is 1.91. The van der Waals surface area contributed by atoms with Crippen LogP contribution in [0, 0.1) is 24.0 Å². The number of carbonyl (C=O) groups excluding carboxylic acids is 1. The second-order valence-corrected chi connectivity index (χ2v) is 5.78. The maximum Gasteiger partial charge on any atom is 0.293 e. The Morgan fingerprint density at radius 1 is 1.23 bits per heavy atom. The average Bonchev–Trinajstić information content (AvgIpc) is 2.61. The summed E-state index contributed by atoms with van der Waals surface area (Å²) < 4.78 is 0.925. The number of nitro groups is 1. The monoisotopic (exact) mass is 353 g/mol. The van der Waals surface area contributed by atoms with Crippen molar-refractivity contribution >= 4 is 28.2 Å². The molecule has 3 aromatic rings. The first-order chi connectivity index (χ1) is 12.4. The molecule has 132 valence electrons. The van der Waals surface area contributed by atoms with E-state index in [9.17, 15) is 19.7 Å². The molecule has 0 bridgehead atoms. The van der Waals surface area contributed by atoms with Crippen LogP contribution in [0.5, 0.6) is 0 Å². The molecular weight excluding hydrogens is 338 g/mol. The van der Waals surface area contributed by atoms with Gasteiger partial charge in [-0.2, -0.15) is 0 Å². The maximum absolute atomic E-state index is 12.4. The largest absolute Gasteiger partial charge is 0.319 e. The first kappa shape index (κ1) is 17.2. The van der Waals surface area contributed by atoms with Crippen molar-refractivity contribution in [2.45, 2.75) is 20.4 Å². The molecule has 0 aliphatic heterocycles. The van der Waals surface area contributed by atoms with Crippen LogP contribution in [0.4, 0.5) is 11.4 Å². The number of benzene rings is 2. The molecule has 2 aromatic carbocycles. The molecule has 26 heavy (non-hydrogen) atoms. The predicted octanol–water partition coefficient (Wildman–Crippen LogP) is 1.96. The summed E-state index contributed by atoms with van der Waals surface area (Å²) in [5.41, 5.74) is 1.26. The number of nitrogens with one attached hydrogen (secondary N) is 1. The van der Waals surface area contributed by atoms with Gasteiger partial charge in [0, 0.05) is 6.07 Å². The fourth-order valence-electron chi connectivity index (χ4n) is 2.55. The molecule has 0 saturated carbocycles. The van der Waals surface area contributed by atoms with Gasteiger partial charge in [-0.1, -0.05) is 23.4 Å². The number of hydrogen-bond donors (Lipinski definition) is 1. The quantitative estimate of drug-likeness (QED) is 0.565. The van der Waals surface area contributed by atoms with E-state index in [4.69, 9.17) is 0 Å². The first-order valence-electron chi connectivity index (χ1n) is 7.75. The van der Waals surface area contributed by atoms with Crippen LogP contribution < -0.4 is 10.9 Å². The lowest BCUT2D eigenvalue weighted by atomic mass is 10.1. The Bertz CT molecular complexity index is 1090. The lowest BCUT2D eigenvalue weighted by molar-refractivity contribution is -0.384. The SMILES string of the molecule is Cc1ccc([N+](=O)[O-])c(NC(=O)Cn2nnc3ccccc3c2=O)c1C. The van der Waals surface area contributed by atoms with E-state index in [1.54, 1.807) is 44.2 Å². The standard InChI is InChI=1S/C17H15N5O4/c1-10-7-8-14(22(25)26)16(11(10)2)18-15(23)9-21-17(24)12-5-3-4-6-13(12)19-20-21/h3-8H,9H2,1-2H3,(H,18,23). The molecule has 1 heterocycles. The molecule has 0 aliphatic carbocycles. The van der Waals surface area contributed by atoms with Gasteiger partial charge in [-0.3, -0.25) is 19.7 Å². The van der Waals surface area contributed by atoms with Crippen LogP contribution in [-0.2, 0) is 11.3 Å². The molecule has 0 fully saturated rings. The third-order valence-electron chi connectivity index (χ3n) is 4.10. The van der Waals surface area contributed by atoms with Crippen molar-refractivity contribution in [3.05, 3.63) is 68.0 Å². The van der Waals surface area contributed by atoms with Crippen LogP contribution in [0.25, 0.3) is 10.9 Å². The molecule has 1 aromatic heterocycles. The van der Waals surface area contributed by atoms with E-state index in [-0.39, 0.29) is 11.4 Å². The number of anilines is 1. The molecule has 1 N–H and O–H groups in total. The summed E-state index contributed by atoms with van der Waals surface area (Å²) in [4.78, 5) is 35.4. The Morgan fingerprint density at radius 2 is 1.96 bits per heavy atom. The second-order valence-electron chi connectivity index (χ2n) is 5.78. The minimum Gasteiger partial charge on any atom is -0.319 e. The van der Waals surface area contributed by atoms with Gasteiger partial charge in [0.25, 0.3) is 11.2 Å². The van der Waals surface area contributed by atoms with Crippen molar-refractivity contribution < 1.29 is 9.72 Å². The summed E-state index contributed by atoms with van der Waals surface area (Å²) in [6, 6.07) is 9.61. The highest BCUT2D eigenvalue weighted by molar-refractivity contribution is 5.94. The van der Waals surface area contributed by atoms with E-state index in [0.29, 0.717) is 16.5 Å². The van der Waals surface area contributed by atoms with E-state index >= 15 is 0 Å². The van der Waals surface area contributed by atoms with Crippen molar-refractivity contribution in [2.24, 2.45) is 0 Å². The fourth-order valence-corrected chi connectivity index (χ4v) is 2.55. The highest BCUT2D eigenvalue weighted by atomic mass is 16.6. The number of amides is 1. The zero-order chi connectivity index (χ0) is 18.8. The van der Waals surface area contributed by atoms with Crippen LogP contribution in [0.15, 0.2) is 41.2 Å². The Morgan fingerprint density at radius 3 is 2.69 bits per heavy atom. The number of nitro benzene ring substituents is 1. The molecule has 3 rings (SSSR count). The van der Waals surface area contributed by atoms with Crippen LogP contribution in [0.3, 0.4) is 0 Å². The van der Waals surface area contributed by atoms with E-state index in [1.165, 1.54) is 6.07 Å². The van der Waals surface area contributed by atoms with Gasteiger partial charge < -0.3 is 5.32 Å². The van der Waals surface area contributed by atoms with Crippen molar-refractivity contribution in [2.75, 3.05) is 5.32 Å². The molecular formula is C17H15N5O4. The summed E-state index contributed by atoms with van der Waals surface area (Å²) in [5.74, 6) is -0.603. The number of fused-ring (bicyclic) bond motifs is 1. The highest BCUT2D eigenvalue weighted by Crippen LogP contribution is 2.30.